The highest BCUT2D eigenvalue weighted by molar-refractivity contribution is 5.92. The Kier molecular flexibility index (Phi) is 3.81. The van der Waals surface area contributed by atoms with Crippen LogP contribution < -0.4 is 0 Å². The molecule has 2 saturated carbocycles. The molecule has 2 rings (SSSR count). The molecule has 1 unspecified atom stereocenters. The molecule has 0 saturated heterocycles. The average molecular weight is 304 g/mol. The van der Waals surface area contributed by atoms with Crippen LogP contribution in [0.15, 0.2) is 0 Å². The first kappa shape index (κ1) is 15.6. The van der Waals surface area contributed by atoms with E-state index < -0.39 is 30.0 Å². The second-order valence-corrected chi connectivity index (χ2v) is 5.43. The summed E-state index contributed by atoms with van der Waals surface area (Å²) in [6, 6.07) is 0. The summed E-state index contributed by atoms with van der Waals surface area (Å²) in [5.41, 5.74) is -1.12. The number of ketones is 1. The quantitative estimate of drug-likeness (QED) is 0.726. The van der Waals surface area contributed by atoms with Crippen LogP contribution in [0.5, 0.6) is 0 Å². The molecule has 8 heteroatoms. The van der Waals surface area contributed by atoms with Gasteiger partial charge in [-0.05, 0) is 12.8 Å². The number of hydrogen-bond donors (Lipinski definition) is 0. The van der Waals surface area contributed by atoms with Gasteiger partial charge in [-0.3, -0.25) is 4.79 Å². The zero-order valence-electron chi connectivity index (χ0n) is 10.5. The van der Waals surface area contributed by atoms with Crippen molar-refractivity contribution in [1.29, 1.82) is 0 Å². The van der Waals surface area contributed by atoms with Crippen molar-refractivity contribution < 1.29 is 35.9 Å². The van der Waals surface area contributed by atoms with Crippen molar-refractivity contribution in [2.45, 2.75) is 63.1 Å². The summed E-state index contributed by atoms with van der Waals surface area (Å²) in [4.78, 5) is 11.7. The van der Waals surface area contributed by atoms with Crippen LogP contribution in [0.2, 0.25) is 0 Å². The van der Waals surface area contributed by atoms with Crippen molar-refractivity contribution in [3.8, 4) is 0 Å². The minimum absolute atomic E-state index is 0.273. The van der Waals surface area contributed by atoms with Gasteiger partial charge >= 0.3 is 12.4 Å². The Labute approximate surface area is 111 Å². The van der Waals surface area contributed by atoms with E-state index in [2.05, 4.69) is 4.74 Å². The molecule has 0 bridgehead atoms. The zero-order valence-corrected chi connectivity index (χ0v) is 10.5. The van der Waals surface area contributed by atoms with Crippen LogP contribution in [0, 0.1) is 5.41 Å². The molecule has 0 aromatic heterocycles. The molecule has 0 aromatic rings. The minimum Gasteiger partial charge on any atom is -0.356 e. The fourth-order valence-corrected chi connectivity index (χ4v) is 3.08. The van der Waals surface area contributed by atoms with E-state index in [4.69, 9.17) is 0 Å². The standard InChI is InChI=1S/C12H14F6O2/c13-11(14,15)9(12(16,17)18)20-8-6-7(19)10(8)4-2-1-3-5-10/h8-9H,1-6H2. The summed E-state index contributed by atoms with van der Waals surface area (Å²) in [6.45, 7) is 0. The Bertz CT molecular complexity index is 366. The highest BCUT2D eigenvalue weighted by atomic mass is 19.4. The fourth-order valence-electron chi connectivity index (χ4n) is 3.08. The third-order valence-corrected chi connectivity index (χ3v) is 4.18. The smallest absolute Gasteiger partial charge is 0.356 e. The monoisotopic (exact) mass is 304 g/mol. The number of rotatable bonds is 2. The number of hydrogen-bond acceptors (Lipinski definition) is 2. The van der Waals surface area contributed by atoms with Crippen molar-refractivity contribution in [2.75, 3.05) is 0 Å². The Morgan fingerprint density at radius 3 is 1.90 bits per heavy atom. The molecular weight excluding hydrogens is 290 g/mol. The highest BCUT2D eigenvalue weighted by Gasteiger charge is 2.63. The Morgan fingerprint density at radius 2 is 1.50 bits per heavy atom. The van der Waals surface area contributed by atoms with Gasteiger partial charge in [-0.15, -0.1) is 0 Å². The normalized spacial score (nSPS) is 26.9. The second-order valence-electron chi connectivity index (χ2n) is 5.43. The maximum atomic E-state index is 12.5. The predicted octanol–water partition coefficient (Wildman–Crippen LogP) is 3.79. The first-order valence-corrected chi connectivity index (χ1v) is 6.39. The van der Waals surface area contributed by atoms with Gasteiger partial charge in [-0.25, -0.2) is 0 Å². The van der Waals surface area contributed by atoms with Gasteiger partial charge < -0.3 is 4.74 Å². The lowest BCUT2D eigenvalue weighted by Crippen LogP contribution is -2.60. The van der Waals surface area contributed by atoms with Gasteiger partial charge in [0.1, 0.15) is 5.78 Å². The number of alkyl halides is 6. The van der Waals surface area contributed by atoms with E-state index in [0.717, 1.165) is 6.42 Å². The van der Waals surface area contributed by atoms with Crippen LogP contribution in [0.3, 0.4) is 0 Å². The molecule has 20 heavy (non-hydrogen) atoms. The van der Waals surface area contributed by atoms with Gasteiger partial charge in [-0.2, -0.15) is 26.3 Å². The van der Waals surface area contributed by atoms with Crippen LogP contribution in [-0.4, -0.2) is 30.3 Å². The Balaban J connectivity index is 2.13. The summed E-state index contributed by atoms with van der Waals surface area (Å²) in [5, 5.41) is 0. The molecule has 0 aromatic carbocycles. The van der Waals surface area contributed by atoms with Crippen LogP contribution >= 0.6 is 0 Å². The van der Waals surface area contributed by atoms with E-state index in [0.29, 0.717) is 25.7 Å². The molecule has 0 N–H and O–H groups in total. The van der Waals surface area contributed by atoms with Gasteiger partial charge in [0, 0.05) is 6.42 Å². The number of carbonyl (C=O) groups is 1. The van der Waals surface area contributed by atoms with E-state index in [1.54, 1.807) is 0 Å². The summed E-state index contributed by atoms with van der Waals surface area (Å²) >= 11 is 0. The lowest BCUT2D eigenvalue weighted by atomic mass is 9.57. The van der Waals surface area contributed by atoms with E-state index in [1.807, 2.05) is 0 Å². The Hall–Kier alpha value is -0.790. The molecule has 0 amide bonds. The molecule has 116 valence electrons. The van der Waals surface area contributed by atoms with Crippen LogP contribution in [0.4, 0.5) is 26.3 Å². The first-order valence-electron chi connectivity index (χ1n) is 6.39. The van der Waals surface area contributed by atoms with E-state index in [1.165, 1.54) is 0 Å². The fraction of sp³-hybridized carbons (Fsp3) is 0.917. The summed E-state index contributed by atoms with van der Waals surface area (Å²) in [7, 11) is 0. The summed E-state index contributed by atoms with van der Waals surface area (Å²) in [5.74, 6) is -0.273. The second kappa shape index (κ2) is 4.89. The number of ether oxygens (including phenoxy) is 1. The van der Waals surface area contributed by atoms with E-state index >= 15 is 0 Å². The van der Waals surface area contributed by atoms with Crippen LogP contribution in [0.1, 0.15) is 38.5 Å². The summed E-state index contributed by atoms with van der Waals surface area (Å²) < 4.78 is 79.1. The number of carbonyl (C=O) groups excluding carboxylic acids is 1. The molecule has 1 spiro atoms. The maximum absolute atomic E-state index is 12.5. The van der Waals surface area contributed by atoms with Crippen molar-refractivity contribution in [2.24, 2.45) is 5.41 Å². The molecule has 2 aliphatic rings. The topological polar surface area (TPSA) is 26.3 Å². The first-order chi connectivity index (χ1) is 9.07. The molecule has 0 radical (unpaired) electrons. The summed E-state index contributed by atoms with van der Waals surface area (Å²) in [6.07, 6.45) is -13.7. The largest absolute Gasteiger partial charge is 0.423 e. The zero-order chi connectivity index (χ0) is 15.2. The Morgan fingerprint density at radius 1 is 1.00 bits per heavy atom. The third kappa shape index (κ3) is 2.66. The molecule has 0 aliphatic heterocycles. The van der Waals surface area contributed by atoms with E-state index in [9.17, 15) is 31.1 Å². The highest BCUT2D eigenvalue weighted by Crippen LogP contribution is 2.52. The van der Waals surface area contributed by atoms with Crippen molar-refractivity contribution >= 4 is 5.78 Å². The predicted molar refractivity (Wildman–Crippen MR) is 55.9 cm³/mol. The molecule has 2 aliphatic carbocycles. The van der Waals surface area contributed by atoms with Crippen molar-refractivity contribution in [3.63, 3.8) is 0 Å². The molecule has 2 fully saturated rings. The van der Waals surface area contributed by atoms with Crippen LogP contribution in [0.25, 0.3) is 0 Å². The maximum Gasteiger partial charge on any atom is 0.423 e. The SMILES string of the molecule is O=C1CC(OC(C(F)(F)F)C(F)(F)F)C12CCCCC2. The van der Waals surface area contributed by atoms with Crippen LogP contribution in [-0.2, 0) is 9.53 Å². The average Bonchev–Trinajstić information content (AvgIpc) is 2.32. The molecule has 1 atom stereocenters. The third-order valence-electron chi connectivity index (χ3n) is 4.18. The van der Waals surface area contributed by atoms with Gasteiger partial charge in [0.25, 0.3) is 0 Å². The molecule has 2 nitrogen and oxygen atoms in total. The number of halogens is 6. The van der Waals surface area contributed by atoms with Crippen molar-refractivity contribution in [3.05, 3.63) is 0 Å². The van der Waals surface area contributed by atoms with Gasteiger partial charge in [0.05, 0.1) is 11.5 Å². The lowest BCUT2D eigenvalue weighted by molar-refractivity contribution is -0.342. The van der Waals surface area contributed by atoms with E-state index in [-0.39, 0.29) is 12.2 Å². The molecular formula is C12H14F6O2. The minimum atomic E-state index is -5.52. The van der Waals surface area contributed by atoms with Gasteiger partial charge in [0.2, 0.25) is 6.10 Å². The van der Waals surface area contributed by atoms with Crippen molar-refractivity contribution in [1.82, 2.24) is 0 Å². The van der Waals surface area contributed by atoms with Gasteiger partial charge in [-0.1, -0.05) is 19.3 Å². The lowest BCUT2D eigenvalue weighted by Gasteiger charge is -2.50. The number of Topliss-reactive ketones (excluding diaryl/α,β-unsaturated/α-hetero) is 1. The van der Waals surface area contributed by atoms with Gasteiger partial charge in [0.15, 0.2) is 0 Å². The molecule has 0 heterocycles.